The zero-order valence-electron chi connectivity index (χ0n) is 12.3. The smallest absolute Gasteiger partial charge is 0.379 e. The van der Waals surface area contributed by atoms with Crippen molar-refractivity contribution in [1.82, 2.24) is 0 Å². The van der Waals surface area contributed by atoms with Crippen LogP contribution in [-0.4, -0.2) is 25.0 Å². The maximum absolute atomic E-state index is 12.2. The molecule has 0 amide bonds. The molecule has 114 valence electrons. The van der Waals surface area contributed by atoms with Crippen molar-refractivity contribution in [2.75, 3.05) is 13.2 Å². The second-order valence-electron chi connectivity index (χ2n) is 5.28. The van der Waals surface area contributed by atoms with Crippen molar-refractivity contribution >= 4 is 23.4 Å². The molecule has 1 aromatic carbocycles. The highest BCUT2D eigenvalue weighted by Gasteiger charge is 2.25. The maximum atomic E-state index is 12.2. The molecule has 0 heterocycles. The van der Waals surface area contributed by atoms with Gasteiger partial charge in [-0.1, -0.05) is 18.0 Å². The van der Waals surface area contributed by atoms with Crippen molar-refractivity contribution in [3.63, 3.8) is 0 Å². The van der Waals surface area contributed by atoms with Crippen molar-refractivity contribution in [3.8, 4) is 5.75 Å². The standard InChI is InChI=1S/C16H19ClO4/c1-3-20-16(19)14(18)12-7-10(2)8-13(17)15(12)21-9-11-5-4-6-11/h7-8,11H,3-6,9H2,1-2H3. The Bertz CT molecular complexity index is 549. The molecule has 0 saturated heterocycles. The Hall–Kier alpha value is -1.55. The highest BCUT2D eigenvalue weighted by molar-refractivity contribution is 6.42. The van der Waals surface area contributed by atoms with Crippen molar-refractivity contribution in [3.05, 3.63) is 28.3 Å². The van der Waals surface area contributed by atoms with E-state index in [1.807, 2.05) is 6.92 Å². The first kappa shape index (κ1) is 15.8. The van der Waals surface area contributed by atoms with Crippen molar-refractivity contribution in [2.45, 2.75) is 33.1 Å². The van der Waals surface area contributed by atoms with Crippen LogP contribution in [0.2, 0.25) is 5.02 Å². The summed E-state index contributed by atoms with van der Waals surface area (Å²) in [5.74, 6) is -0.807. The molecule has 1 aromatic rings. The Balaban J connectivity index is 2.24. The number of rotatable bonds is 6. The van der Waals surface area contributed by atoms with Crippen LogP contribution in [0.1, 0.15) is 42.1 Å². The van der Waals surface area contributed by atoms with E-state index in [0.717, 1.165) is 18.4 Å². The zero-order chi connectivity index (χ0) is 15.4. The predicted octanol–water partition coefficient (Wildman–Crippen LogP) is 3.57. The summed E-state index contributed by atoms with van der Waals surface area (Å²) in [5.41, 5.74) is 0.974. The number of ether oxygens (including phenoxy) is 2. The molecule has 0 aromatic heterocycles. The topological polar surface area (TPSA) is 52.6 Å². The Morgan fingerprint density at radius 1 is 1.33 bits per heavy atom. The van der Waals surface area contributed by atoms with Gasteiger partial charge in [0.05, 0.1) is 23.8 Å². The molecule has 1 saturated carbocycles. The van der Waals surface area contributed by atoms with Crippen LogP contribution in [0, 0.1) is 12.8 Å². The van der Waals surface area contributed by atoms with Crippen molar-refractivity contribution in [1.29, 1.82) is 0 Å². The summed E-state index contributed by atoms with van der Waals surface area (Å²) in [6.45, 7) is 4.14. The fraction of sp³-hybridized carbons (Fsp3) is 0.500. The molecular weight excluding hydrogens is 292 g/mol. The molecule has 0 aliphatic heterocycles. The van der Waals surface area contributed by atoms with Crippen LogP contribution in [0.4, 0.5) is 0 Å². The molecule has 1 fully saturated rings. The van der Waals surface area contributed by atoms with Gasteiger partial charge in [-0.15, -0.1) is 0 Å². The van der Waals surface area contributed by atoms with Gasteiger partial charge in [-0.05, 0) is 50.3 Å². The number of Topliss-reactive ketones (excluding diaryl/α,β-unsaturated/α-hetero) is 1. The van der Waals surface area contributed by atoms with Gasteiger partial charge >= 0.3 is 5.97 Å². The van der Waals surface area contributed by atoms with E-state index in [2.05, 4.69) is 0 Å². The molecule has 0 atom stereocenters. The number of benzene rings is 1. The first-order chi connectivity index (χ1) is 10.0. The lowest BCUT2D eigenvalue weighted by Crippen LogP contribution is -2.22. The number of carbonyl (C=O) groups excluding carboxylic acids is 2. The summed E-state index contributed by atoms with van der Waals surface area (Å²) < 4.78 is 10.5. The minimum Gasteiger partial charge on any atom is -0.491 e. The summed E-state index contributed by atoms with van der Waals surface area (Å²) in [6, 6.07) is 3.33. The Morgan fingerprint density at radius 3 is 2.62 bits per heavy atom. The van der Waals surface area contributed by atoms with E-state index in [0.29, 0.717) is 17.5 Å². The monoisotopic (exact) mass is 310 g/mol. The third-order valence-electron chi connectivity index (χ3n) is 3.58. The van der Waals surface area contributed by atoms with Gasteiger partial charge < -0.3 is 9.47 Å². The van der Waals surface area contributed by atoms with E-state index in [4.69, 9.17) is 21.1 Å². The number of ketones is 1. The first-order valence-corrected chi connectivity index (χ1v) is 7.55. The van der Waals surface area contributed by atoms with E-state index >= 15 is 0 Å². The van der Waals surface area contributed by atoms with E-state index in [9.17, 15) is 9.59 Å². The van der Waals surface area contributed by atoms with Crippen LogP contribution in [0.5, 0.6) is 5.75 Å². The van der Waals surface area contributed by atoms with Crippen LogP contribution in [0.25, 0.3) is 0 Å². The van der Waals surface area contributed by atoms with Gasteiger partial charge in [-0.2, -0.15) is 0 Å². The lowest BCUT2D eigenvalue weighted by molar-refractivity contribution is -0.137. The first-order valence-electron chi connectivity index (χ1n) is 7.17. The van der Waals surface area contributed by atoms with Gasteiger partial charge in [0, 0.05) is 0 Å². The lowest BCUT2D eigenvalue weighted by atomic mass is 9.86. The van der Waals surface area contributed by atoms with E-state index in [1.165, 1.54) is 6.42 Å². The summed E-state index contributed by atoms with van der Waals surface area (Å²) >= 11 is 6.18. The second kappa shape index (κ2) is 6.94. The summed E-state index contributed by atoms with van der Waals surface area (Å²) in [6.07, 6.45) is 3.47. The van der Waals surface area contributed by atoms with Crippen LogP contribution >= 0.6 is 11.6 Å². The van der Waals surface area contributed by atoms with Crippen LogP contribution in [0.3, 0.4) is 0 Å². The molecule has 0 radical (unpaired) electrons. The number of hydrogen-bond donors (Lipinski definition) is 0. The molecule has 5 heteroatoms. The molecule has 0 N–H and O–H groups in total. The number of esters is 1. The van der Waals surface area contributed by atoms with Gasteiger partial charge in [0.15, 0.2) is 0 Å². The molecule has 0 bridgehead atoms. The molecule has 1 aliphatic carbocycles. The maximum Gasteiger partial charge on any atom is 0.379 e. The molecular formula is C16H19ClO4. The SMILES string of the molecule is CCOC(=O)C(=O)c1cc(C)cc(Cl)c1OCC1CCC1. The molecule has 21 heavy (non-hydrogen) atoms. The molecule has 0 unspecified atom stereocenters. The number of halogens is 1. The van der Waals surface area contributed by atoms with Crippen molar-refractivity contribution in [2.24, 2.45) is 5.92 Å². The fourth-order valence-corrected chi connectivity index (χ4v) is 2.54. The van der Waals surface area contributed by atoms with E-state index in [-0.39, 0.29) is 17.9 Å². The lowest BCUT2D eigenvalue weighted by Gasteiger charge is -2.26. The number of hydrogen-bond acceptors (Lipinski definition) is 4. The third-order valence-corrected chi connectivity index (χ3v) is 3.86. The summed E-state index contributed by atoms with van der Waals surface area (Å²) in [5, 5.41) is 0.349. The van der Waals surface area contributed by atoms with Gasteiger partial charge in [0.1, 0.15) is 5.75 Å². The summed E-state index contributed by atoms with van der Waals surface area (Å²) in [7, 11) is 0. The number of aryl methyl sites for hydroxylation is 1. The highest BCUT2D eigenvalue weighted by atomic mass is 35.5. The molecule has 2 rings (SSSR count). The molecule has 4 nitrogen and oxygen atoms in total. The van der Waals surface area contributed by atoms with Crippen LogP contribution < -0.4 is 4.74 Å². The molecule has 0 spiro atoms. The minimum absolute atomic E-state index is 0.155. The van der Waals surface area contributed by atoms with Crippen LogP contribution in [-0.2, 0) is 9.53 Å². The molecule has 1 aliphatic rings. The predicted molar refractivity (Wildman–Crippen MR) is 80.0 cm³/mol. The van der Waals surface area contributed by atoms with Gasteiger partial charge in [-0.25, -0.2) is 4.79 Å². The minimum atomic E-state index is -0.882. The van der Waals surface area contributed by atoms with Crippen molar-refractivity contribution < 1.29 is 19.1 Å². The number of carbonyl (C=O) groups is 2. The third kappa shape index (κ3) is 3.76. The summed E-state index contributed by atoms with van der Waals surface area (Å²) in [4.78, 5) is 23.8. The van der Waals surface area contributed by atoms with Gasteiger partial charge in [0.25, 0.3) is 5.78 Å². The largest absolute Gasteiger partial charge is 0.491 e. The van der Waals surface area contributed by atoms with Gasteiger partial charge in [-0.3, -0.25) is 4.79 Å². The van der Waals surface area contributed by atoms with Crippen LogP contribution in [0.15, 0.2) is 12.1 Å². The normalized spacial score (nSPS) is 14.4. The average molecular weight is 311 g/mol. The second-order valence-corrected chi connectivity index (χ2v) is 5.69. The Kier molecular flexibility index (Phi) is 5.23. The Labute approximate surface area is 129 Å². The highest BCUT2D eigenvalue weighted by Crippen LogP contribution is 2.33. The average Bonchev–Trinajstić information content (AvgIpc) is 2.38. The van der Waals surface area contributed by atoms with Gasteiger partial charge in [0.2, 0.25) is 0 Å². The zero-order valence-corrected chi connectivity index (χ0v) is 13.0. The van der Waals surface area contributed by atoms with E-state index in [1.54, 1.807) is 19.1 Å². The van der Waals surface area contributed by atoms with E-state index < -0.39 is 11.8 Å². The quantitative estimate of drug-likeness (QED) is 0.458. The fourth-order valence-electron chi connectivity index (χ4n) is 2.21. The Morgan fingerprint density at radius 2 is 2.05 bits per heavy atom.